The SMILES string of the molecule is CCOc1ccc2c(oc3c(F)c(OC4CCOC4)ccc32)c1F. The van der Waals surface area contributed by atoms with E-state index >= 15 is 0 Å². The molecule has 0 spiro atoms. The second kappa shape index (κ2) is 5.94. The second-order valence-electron chi connectivity index (χ2n) is 5.65. The summed E-state index contributed by atoms with van der Waals surface area (Å²) < 4.78 is 50.7. The second-order valence-corrected chi connectivity index (χ2v) is 5.65. The first kappa shape index (κ1) is 15.2. The van der Waals surface area contributed by atoms with Crippen molar-refractivity contribution in [3.05, 3.63) is 35.9 Å². The van der Waals surface area contributed by atoms with Gasteiger partial charge in [0.15, 0.2) is 22.7 Å². The number of rotatable bonds is 4. The molecule has 1 saturated heterocycles. The molecule has 0 aliphatic carbocycles. The van der Waals surface area contributed by atoms with E-state index in [2.05, 4.69) is 0 Å². The molecule has 6 heteroatoms. The molecule has 0 bridgehead atoms. The highest BCUT2D eigenvalue weighted by Gasteiger charge is 2.23. The lowest BCUT2D eigenvalue weighted by Crippen LogP contribution is -2.16. The highest BCUT2D eigenvalue weighted by molar-refractivity contribution is 6.06. The fourth-order valence-corrected chi connectivity index (χ4v) is 2.95. The normalized spacial score (nSPS) is 17.7. The van der Waals surface area contributed by atoms with Gasteiger partial charge >= 0.3 is 0 Å². The first-order chi connectivity index (χ1) is 11.7. The van der Waals surface area contributed by atoms with Crippen LogP contribution in [0.25, 0.3) is 21.9 Å². The smallest absolute Gasteiger partial charge is 0.208 e. The third-order valence-corrected chi connectivity index (χ3v) is 4.10. The van der Waals surface area contributed by atoms with Gasteiger partial charge in [-0.15, -0.1) is 0 Å². The van der Waals surface area contributed by atoms with Gasteiger partial charge in [-0.3, -0.25) is 0 Å². The van der Waals surface area contributed by atoms with Crippen LogP contribution < -0.4 is 9.47 Å². The molecule has 1 aliphatic heterocycles. The summed E-state index contributed by atoms with van der Waals surface area (Å²) in [7, 11) is 0. The minimum atomic E-state index is -0.632. The molecule has 2 heterocycles. The Kier molecular flexibility index (Phi) is 3.76. The zero-order valence-electron chi connectivity index (χ0n) is 13.1. The fraction of sp³-hybridized carbons (Fsp3) is 0.333. The van der Waals surface area contributed by atoms with Crippen molar-refractivity contribution in [3.63, 3.8) is 0 Å². The summed E-state index contributed by atoms with van der Waals surface area (Å²) in [4.78, 5) is 0. The van der Waals surface area contributed by atoms with Crippen molar-refractivity contribution in [2.75, 3.05) is 19.8 Å². The summed E-state index contributed by atoms with van der Waals surface area (Å²) in [6, 6.07) is 6.41. The van der Waals surface area contributed by atoms with E-state index in [9.17, 15) is 8.78 Å². The van der Waals surface area contributed by atoms with Crippen LogP contribution in [0.2, 0.25) is 0 Å². The van der Waals surface area contributed by atoms with Crippen LogP contribution >= 0.6 is 0 Å². The molecular weight excluding hydrogens is 318 g/mol. The van der Waals surface area contributed by atoms with Gasteiger partial charge in [-0.25, -0.2) is 0 Å². The lowest BCUT2D eigenvalue weighted by molar-refractivity contribution is 0.138. The third-order valence-electron chi connectivity index (χ3n) is 4.10. The average molecular weight is 334 g/mol. The summed E-state index contributed by atoms with van der Waals surface area (Å²) in [5.74, 6) is -1.09. The number of hydrogen-bond donors (Lipinski definition) is 0. The minimum Gasteiger partial charge on any atom is -0.491 e. The van der Waals surface area contributed by atoms with Crippen molar-refractivity contribution in [2.45, 2.75) is 19.4 Å². The van der Waals surface area contributed by atoms with Gasteiger partial charge in [0, 0.05) is 17.2 Å². The van der Waals surface area contributed by atoms with Gasteiger partial charge in [0.05, 0.1) is 19.8 Å². The number of halogens is 2. The van der Waals surface area contributed by atoms with Crippen molar-refractivity contribution in [1.82, 2.24) is 0 Å². The van der Waals surface area contributed by atoms with Crippen molar-refractivity contribution in [1.29, 1.82) is 0 Å². The summed E-state index contributed by atoms with van der Waals surface area (Å²) in [6.07, 6.45) is 0.534. The average Bonchev–Trinajstić information content (AvgIpc) is 3.21. The van der Waals surface area contributed by atoms with Gasteiger partial charge in [-0.2, -0.15) is 8.78 Å². The molecule has 1 fully saturated rings. The van der Waals surface area contributed by atoms with Crippen LogP contribution in [0.15, 0.2) is 28.7 Å². The molecule has 2 aromatic carbocycles. The van der Waals surface area contributed by atoms with Crippen LogP contribution in [0.5, 0.6) is 11.5 Å². The lowest BCUT2D eigenvalue weighted by Gasteiger charge is -2.12. The van der Waals surface area contributed by atoms with Crippen molar-refractivity contribution >= 4 is 21.9 Å². The van der Waals surface area contributed by atoms with Gasteiger partial charge in [0.2, 0.25) is 11.6 Å². The van der Waals surface area contributed by atoms with Crippen molar-refractivity contribution < 1.29 is 27.4 Å². The maximum Gasteiger partial charge on any atom is 0.208 e. The topological polar surface area (TPSA) is 40.8 Å². The molecule has 1 aliphatic rings. The highest BCUT2D eigenvalue weighted by Crippen LogP contribution is 2.38. The lowest BCUT2D eigenvalue weighted by atomic mass is 10.1. The Morgan fingerprint density at radius 3 is 2.33 bits per heavy atom. The van der Waals surface area contributed by atoms with E-state index in [0.717, 1.165) is 0 Å². The Morgan fingerprint density at radius 2 is 1.71 bits per heavy atom. The number of furan rings is 1. The number of benzene rings is 2. The van der Waals surface area contributed by atoms with E-state index in [1.165, 1.54) is 6.07 Å². The van der Waals surface area contributed by atoms with Crippen molar-refractivity contribution in [2.24, 2.45) is 0 Å². The number of hydrogen-bond acceptors (Lipinski definition) is 4. The van der Waals surface area contributed by atoms with Crippen LogP contribution in [0, 0.1) is 11.6 Å². The first-order valence-electron chi connectivity index (χ1n) is 7.89. The molecule has 24 heavy (non-hydrogen) atoms. The molecule has 0 saturated carbocycles. The van der Waals surface area contributed by atoms with Crippen LogP contribution in [0.1, 0.15) is 13.3 Å². The molecule has 3 aromatic rings. The minimum absolute atomic E-state index is 0.0174. The monoisotopic (exact) mass is 334 g/mol. The van der Waals surface area contributed by atoms with Gasteiger partial charge in [-0.1, -0.05) is 0 Å². The summed E-state index contributed by atoms with van der Waals surface area (Å²) in [5, 5.41) is 1.00. The van der Waals surface area contributed by atoms with Gasteiger partial charge in [0.25, 0.3) is 0 Å². The van der Waals surface area contributed by atoms with E-state index < -0.39 is 11.6 Å². The molecule has 0 N–H and O–H groups in total. The summed E-state index contributed by atoms with van der Waals surface area (Å²) >= 11 is 0. The molecule has 4 nitrogen and oxygen atoms in total. The molecule has 1 atom stereocenters. The van der Waals surface area contributed by atoms with E-state index in [-0.39, 0.29) is 28.8 Å². The highest BCUT2D eigenvalue weighted by atomic mass is 19.1. The molecule has 0 amide bonds. The molecule has 4 rings (SSSR count). The molecule has 126 valence electrons. The van der Waals surface area contributed by atoms with Gasteiger partial charge in [-0.05, 0) is 31.2 Å². The quantitative estimate of drug-likeness (QED) is 0.708. The van der Waals surface area contributed by atoms with Crippen LogP contribution in [0.4, 0.5) is 8.78 Å². The van der Waals surface area contributed by atoms with E-state index in [1.807, 2.05) is 0 Å². The maximum atomic E-state index is 14.7. The van der Waals surface area contributed by atoms with E-state index in [0.29, 0.717) is 37.0 Å². The Hall–Kier alpha value is -2.34. The molecular formula is C18H16F2O4. The van der Waals surface area contributed by atoms with Gasteiger partial charge in [0.1, 0.15) is 6.10 Å². The van der Waals surface area contributed by atoms with Crippen LogP contribution in [-0.4, -0.2) is 25.9 Å². The van der Waals surface area contributed by atoms with Gasteiger partial charge < -0.3 is 18.6 Å². The number of fused-ring (bicyclic) bond motifs is 3. The predicted octanol–water partition coefficient (Wildman–Crippen LogP) is 4.43. The molecule has 1 aromatic heterocycles. The van der Waals surface area contributed by atoms with Crippen molar-refractivity contribution in [3.8, 4) is 11.5 Å². The van der Waals surface area contributed by atoms with Crippen LogP contribution in [0.3, 0.4) is 0 Å². The molecule has 1 unspecified atom stereocenters. The zero-order valence-corrected chi connectivity index (χ0v) is 13.1. The standard InChI is InChI=1S/C18H16F2O4/c1-2-22-13-5-3-11-12-4-6-14(23-10-7-8-21-9-10)16(20)18(12)24-17(11)15(13)19/h3-6,10H,2,7-9H2,1H3. The largest absolute Gasteiger partial charge is 0.491 e. The molecule has 0 radical (unpaired) electrons. The predicted molar refractivity (Wildman–Crippen MR) is 84.7 cm³/mol. The van der Waals surface area contributed by atoms with Crippen LogP contribution in [-0.2, 0) is 4.74 Å². The Labute approximate surface area is 136 Å². The third kappa shape index (κ3) is 2.38. The maximum absolute atomic E-state index is 14.7. The number of ether oxygens (including phenoxy) is 3. The Bertz CT molecular complexity index is 897. The Morgan fingerprint density at radius 1 is 1.04 bits per heavy atom. The Balaban J connectivity index is 1.82. The van der Waals surface area contributed by atoms with E-state index in [1.54, 1.807) is 25.1 Å². The van der Waals surface area contributed by atoms with E-state index in [4.69, 9.17) is 18.6 Å². The summed E-state index contributed by atoms with van der Waals surface area (Å²) in [6.45, 7) is 3.13. The summed E-state index contributed by atoms with van der Waals surface area (Å²) in [5.41, 5.74) is -0.0369. The zero-order chi connectivity index (χ0) is 16.7. The first-order valence-corrected chi connectivity index (χ1v) is 7.89. The fourth-order valence-electron chi connectivity index (χ4n) is 2.95.